The zero-order chi connectivity index (χ0) is 23.8. The normalized spacial score (nSPS) is 18.8. The molecule has 1 fully saturated rings. The molecule has 2 heterocycles. The fraction of sp³-hybridized carbons (Fsp3) is 0.556. The molecular weight excluding hydrogens is 430 g/mol. The number of thiophene rings is 1. The predicted octanol–water partition coefficient (Wildman–Crippen LogP) is 5.80. The number of fused-ring (bicyclic) bond motifs is 1. The molecule has 1 saturated heterocycles. The number of amides is 2. The molecule has 0 spiro atoms. The van der Waals surface area contributed by atoms with E-state index in [0.29, 0.717) is 23.0 Å². The molecule has 0 radical (unpaired) electrons. The number of rotatable bonds is 5. The third-order valence-electron chi connectivity index (χ3n) is 7.17. The quantitative estimate of drug-likeness (QED) is 0.584. The monoisotopic (exact) mass is 467 g/mol. The maximum absolute atomic E-state index is 13.5. The highest BCUT2D eigenvalue weighted by molar-refractivity contribution is 7.17. The Morgan fingerprint density at radius 1 is 1.12 bits per heavy atom. The van der Waals surface area contributed by atoms with Gasteiger partial charge in [-0.3, -0.25) is 14.5 Å². The Labute approximate surface area is 202 Å². The summed E-state index contributed by atoms with van der Waals surface area (Å²) in [7, 11) is 0. The van der Waals surface area contributed by atoms with Gasteiger partial charge in [-0.05, 0) is 87.6 Å². The number of hydrogen-bond acceptors (Lipinski definition) is 4. The van der Waals surface area contributed by atoms with Gasteiger partial charge in [-0.1, -0.05) is 38.5 Å². The van der Waals surface area contributed by atoms with E-state index in [0.717, 1.165) is 62.0 Å². The highest BCUT2D eigenvalue weighted by atomic mass is 32.1. The molecule has 1 aliphatic heterocycles. The summed E-state index contributed by atoms with van der Waals surface area (Å²) >= 11 is 1.60. The SMILES string of the molecule is Cc1ccc(NC(=O)c2c(NC(=O)CN3CCCC3)sc3c2CC[C@@H](C(C)(C)C)C3)c(C)c1. The molecule has 2 N–H and O–H groups in total. The van der Waals surface area contributed by atoms with Crippen molar-refractivity contribution in [1.82, 2.24) is 4.90 Å². The van der Waals surface area contributed by atoms with E-state index in [1.54, 1.807) is 11.3 Å². The maximum atomic E-state index is 13.5. The minimum Gasteiger partial charge on any atom is -0.322 e. The Hall–Kier alpha value is -2.18. The Morgan fingerprint density at radius 3 is 2.52 bits per heavy atom. The van der Waals surface area contributed by atoms with E-state index < -0.39 is 0 Å². The third kappa shape index (κ3) is 5.49. The van der Waals surface area contributed by atoms with Gasteiger partial charge < -0.3 is 10.6 Å². The number of anilines is 2. The van der Waals surface area contributed by atoms with Crippen LogP contribution in [0, 0.1) is 25.2 Å². The van der Waals surface area contributed by atoms with Gasteiger partial charge in [0.2, 0.25) is 5.91 Å². The van der Waals surface area contributed by atoms with Gasteiger partial charge in [-0.2, -0.15) is 0 Å². The average Bonchev–Trinajstić information content (AvgIpc) is 3.35. The zero-order valence-corrected chi connectivity index (χ0v) is 21.5. The van der Waals surface area contributed by atoms with Gasteiger partial charge in [0.05, 0.1) is 12.1 Å². The molecule has 6 heteroatoms. The lowest BCUT2D eigenvalue weighted by Crippen LogP contribution is -2.31. The number of aryl methyl sites for hydroxylation is 2. The van der Waals surface area contributed by atoms with Gasteiger partial charge in [0.1, 0.15) is 5.00 Å². The predicted molar refractivity (Wildman–Crippen MR) is 137 cm³/mol. The summed E-state index contributed by atoms with van der Waals surface area (Å²) in [5.74, 6) is 0.431. The molecule has 0 unspecified atom stereocenters. The minimum absolute atomic E-state index is 0.0246. The van der Waals surface area contributed by atoms with Crippen molar-refractivity contribution in [2.75, 3.05) is 30.3 Å². The van der Waals surface area contributed by atoms with Crippen LogP contribution in [0.25, 0.3) is 0 Å². The first kappa shape index (κ1) is 24.0. The summed E-state index contributed by atoms with van der Waals surface area (Å²) in [4.78, 5) is 29.8. The van der Waals surface area contributed by atoms with Gasteiger partial charge in [-0.15, -0.1) is 11.3 Å². The first-order valence-corrected chi connectivity index (χ1v) is 13.0. The lowest BCUT2D eigenvalue weighted by Gasteiger charge is -2.33. The highest BCUT2D eigenvalue weighted by Crippen LogP contribution is 2.44. The molecule has 4 rings (SSSR count). The largest absolute Gasteiger partial charge is 0.322 e. The van der Waals surface area contributed by atoms with Crippen LogP contribution in [0.1, 0.15) is 72.0 Å². The molecule has 2 aromatic rings. The second-order valence-corrected chi connectivity index (χ2v) is 11.9. The van der Waals surface area contributed by atoms with E-state index in [-0.39, 0.29) is 17.2 Å². The molecule has 1 aromatic heterocycles. The number of carbonyl (C=O) groups excluding carboxylic acids is 2. The van der Waals surface area contributed by atoms with Crippen molar-refractivity contribution in [3.05, 3.63) is 45.3 Å². The van der Waals surface area contributed by atoms with E-state index in [4.69, 9.17) is 0 Å². The Kier molecular flexibility index (Phi) is 6.96. The van der Waals surface area contributed by atoms with Gasteiger partial charge in [0, 0.05) is 10.6 Å². The number of likely N-dealkylation sites (tertiary alicyclic amines) is 1. The van der Waals surface area contributed by atoms with Gasteiger partial charge in [-0.25, -0.2) is 0 Å². The van der Waals surface area contributed by atoms with Gasteiger partial charge >= 0.3 is 0 Å². The Balaban J connectivity index is 1.62. The number of benzene rings is 1. The first-order chi connectivity index (χ1) is 15.6. The van der Waals surface area contributed by atoms with E-state index in [2.05, 4.69) is 42.4 Å². The fourth-order valence-electron chi connectivity index (χ4n) is 5.10. The Morgan fingerprint density at radius 2 is 1.85 bits per heavy atom. The molecule has 0 saturated carbocycles. The van der Waals surface area contributed by atoms with Crippen LogP contribution in [0.4, 0.5) is 10.7 Å². The van der Waals surface area contributed by atoms with Gasteiger partial charge in [0.25, 0.3) is 5.91 Å². The summed E-state index contributed by atoms with van der Waals surface area (Å²) in [5, 5.41) is 6.95. The van der Waals surface area contributed by atoms with Crippen molar-refractivity contribution in [2.45, 2.75) is 66.7 Å². The average molecular weight is 468 g/mol. The van der Waals surface area contributed by atoms with Crippen molar-refractivity contribution in [3.8, 4) is 0 Å². The van der Waals surface area contributed by atoms with Crippen molar-refractivity contribution in [1.29, 1.82) is 0 Å². The number of nitrogens with one attached hydrogen (secondary N) is 2. The molecule has 178 valence electrons. The van der Waals surface area contributed by atoms with Crippen molar-refractivity contribution in [3.63, 3.8) is 0 Å². The number of carbonyl (C=O) groups is 2. The van der Waals surface area contributed by atoms with Crippen LogP contribution in [-0.4, -0.2) is 36.3 Å². The second kappa shape index (κ2) is 9.59. The number of nitrogens with zero attached hydrogens (tertiary/aromatic N) is 1. The van der Waals surface area contributed by atoms with E-state index in [9.17, 15) is 9.59 Å². The lowest BCUT2D eigenvalue weighted by atomic mass is 9.72. The van der Waals surface area contributed by atoms with Crippen LogP contribution in [0.15, 0.2) is 18.2 Å². The van der Waals surface area contributed by atoms with E-state index in [1.807, 2.05) is 26.0 Å². The Bertz CT molecular complexity index is 1040. The molecule has 1 aromatic carbocycles. The maximum Gasteiger partial charge on any atom is 0.258 e. The van der Waals surface area contributed by atoms with Crippen LogP contribution < -0.4 is 10.6 Å². The third-order valence-corrected chi connectivity index (χ3v) is 8.34. The van der Waals surface area contributed by atoms with Crippen LogP contribution in [-0.2, 0) is 17.6 Å². The van der Waals surface area contributed by atoms with E-state index in [1.165, 1.54) is 10.4 Å². The number of hydrogen-bond donors (Lipinski definition) is 2. The topological polar surface area (TPSA) is 61.4 Å². The second-order valence-electron chi connectivity index (χ2n) is 10.8. The molecule has 33 heavy (non-hydrogen) atoms. The van der Waals surface area contributed by atoms with Crippen LogP contribution in [0.3, 0.4) is 0 Å². The fourth-order valence-corrected chi connectivity index (χ4v) is 6.44. The van der Waals surface area contributed by atoms with Crippen molar-refractivity contribution < 1.29 is 9.59 Å². The zero-order valence-electron chi connectivity index (χ0n) is 20.6. The minimum atomic E-state index is -0.120. The van der Waals surface area contributed by atoms with Crippen molar-refractivity contribution >= 4 is 33.8 Å². The van der Waals surface area contributed by atoms with Crippen LogP contribution >= 0.6 is 11.3 Å². The van der Waals surface area contributed by atoms with Gasteiger partial charge in [0.15, 0.2) is 0 Å². The first-order valence-electron chi connectivity index (χ1n) is 12.2. The van der Waals surface area contributed by atoms with Crippen molar-refractivity contribution in [2.24, 2.45) is 11.3 Å². The molecule has 5 nitrogen and oxygen atoms in total. The molecule has 1 atom stereocenters. The van der Waals surface area contributed by atoms with Crippen LogP contribution in [0.2, 0.25) is 0 Å². The molecule has 1 aliphatic carbocycles. The summed E-state index contributed by atoms with van der Waals surface area (Å²) in [5.41, 5.74) is 5.04. The lowest BCUT2D eigenvalue weighted by molar-refractivity contribution is -0.117. The van der Waals surface area contributed by atoms with Crippen LogP contribution in [0.5, 0.6) is 0 Å². The molecule has 0 bridgehead atoms. The molecular formula is C27H37N3O2S. The molecule has 2 aliphatic rings. The summed E-state index contributed by atoms with van der Waals surface area (Å²) < 4.78 is 0. The summed E-state index contributed by atoms with van der Waals surface area (Å²) in [6, 6.07) is 6.05. The van der Waals surface area contributed by atoms with E-state index >= 15 is 0 Å². The summed E-state index contributed by atoms with van der Waals surface area (Å²) in [6.07, 6.45) is 5.22. The smallest absolute Gasteiger partial charge is 0.258 e. The summed E-state index contributed by atoms with van der Waals surface area (Å²) in [6.45, 7) is 13.3. The standard InChI is InChI=1S/C27H37N3O2S/c1-17-8-11-21(18(2)14-17)28-25(32)24-20-10-9-19(27(3,4)5)15-22(20)33-26(24)29-23(31)16-30-12-6-7-13-30/h8,11,14,19H,6-7,9-10,12-13,15-16H2,1-5H3,(H,28,32)(H,29,31)/t19-/m1/s1. The highest BCUT2D eigenvalue weighted by Gasteiger charge is 2.34. The molecule has 2 amide bonds.